The van der Waals surface area contributed by atoms with Crippen molar-refractivity contribution in [2.24, 2.45) is 0 Å². The number of carbonyl (C=O) groups excluding carboxylic acids is 2. The molecule has 0 aliphatic heterocycles. The lowest BCUT2D eigenvalue weighted by Crippen LogP contribution is -2.39. The van der Waals surface area contributed by atoms with Gasteiger partial charge in [0, 0.05) is 17.2 Å². The van der Waals surface area contributed by atoms with Gasteiger partial charge in [0.15, 0.2) is 5.78 Å². The zero-order valence-electron chi connectivity index (χ0n) is 16.6. The molecule has 1 amide bonds. The number of aryl methyl sites for hydroxylation is 1. The lowest BCUT2D eigenvalue weighted by Gasteiger charge is -2.36. The molecule has 0 heterocycles. The van der Waals surface area contributed by atoms with Crippen molar-refractivity contribution in [2.45, 2.75) is 57.5 Å². The van der Waals surface area contributed by atoms with Gasteiger partial charge in [-0.15, -0.1) is 0 Å². The second kappa shape index (κ2) is 7.78. The number of amides is 1. The fraction of sp³-hybridized carbons (Fsp3) is 0.417. The van der Waals surface area contributed by atoms with E-state index in [1.165, 1.54) is 11.1 Å². The second-order valence-electron chi connectivity index (χ2n) is 7.90. The van der Waals surface area contributed by atoms with Gasteiger partial charge in [-0.05, 0) is 68.4 Å². The van der Waals surface area contributed by atoms with Gasteiger partial charge >= 0.3 is 0 Å². The molecule has 0 radical (unpaired) electrons. The van der Waals surface area contributed by atoms with E-state index in [0.717, 1.165) is 37.7 Å². The number of ether oxygens (including phenoxy) is 1. The first-order chi connectivity index (χ1) is 13.6. The summed E-state index contributed by atoms with van der Waals surface area (Å²) in [5, 5.41) is 0. The Kier molecular flexibility index (Phi) is 5.21. The Morgan fingerprint density at radius 1 is 1.11 bits per heavy atom. The maximum absolute atomic E-state index is 13.4. The molecule has 4 nitrogen and oxygen atoms in total. The number of carbonyl (C=O) groups is 2. The van der Waals surface area contributed by atoms with E-state index >= 15 is 0 Å². The van der Waals surface area contributed by atoms with Gasteiger partial charge in [-0.1, -0.05) is 24.3 Å². The van der Waals surface area contributed by atoms with Crippen molar-refractivity contribution in [3.8, 4) is 5.75 Å². The Bertz CT molecular complexity index is 900. The Morgan fingerprint density at radius 3 is 2.61 bits per heavy atom. The lowest BCUT2D eigenvalue weighted by molar-refractivity contribution is -0.134. The van der Waals surface area contributed by atoms with Crippen LogP contribution in [0.1, 0.15) is 65.7 Å². The van der Waals surface area contributed by atoms with Gasteiger partial charge < -0.3 is 9.64 Å². The van der Waals surface area contributed by atoms with Gasteiger partial charge in [0.05, 0.1) is 19.6 Å². The van der Waals surface area contributed by atoms with E-state index in [-0.39, 0.29) is 24.2 Å². The summed E-state index contributed by atoms with van der Waals surface area (Å²) in [6.45, 7) is 1.54. The largest absolute Gasteiger partial charge is 0.496 e. The number of hydrogen-bond donors (Lipinski definition) is 0. The first-order valence-corrected chi connectivity index (χ1v) is 10.2. The molecule has 1 fully saturated rings. The Balaban J connectivity index is 1.63. The number of hydrogen-bond acceptors (Lipinski definition) is 3. The molecule has 0 N–H and O–H groups in total. The van der Waals surface area contributed by atoms with Gasteiger partial charge in [0.2, 0.25) is 5.91 Å². The molecule has 2 aliphatic rings. The average molecular weight is 377 g/mol. The molecule has 2 aliphatic carbocycles. The molecule has 4 rings (SSSR count). The van der Waals surface area contributed by atoms with Crippen molar-refractivity contribution < 1.29 is 14.3 Å². The molecule has 28 heavy (non-hydrogen) atoms. The van der Waals surface area contributed by atoms with E-state index in [4.69, 9.17) is 4.74 Å². The quantitative estimate of drug-likeness (QED) is 0.696. The molecule has 1 unspecified atom stereocenters. The van der Waals surface area contributed by atoms with Crippen LogP contribution < -0.4 is 4.74 Å². The zero-order valence-corrected chi connectivity index (χ0v) is 16.6. The third-order valence-electron chi connectivity index (χ3n) is 5.93. The SMILES string of the molecule is COc1ccc(C(C)=O)cc1CC(=O)N(C1CC1)C1CCCc2ccccc21. The number of ketones is 1. The summed E-state index contributed by atoms with van der Waals surface area (Å²) >= 11 is 0. The summed E-state index contributed by atoms with van der Waals surface area (Å²) in [5.74, 6) is 0.790. The molecule has 0 aromatic heterocycles. The van der Waals surface area contributed by atoms with Crippen molar-refractivity contribution >= 4 is 11.7 Å². The first kappa shape index (κ1) is 18.7. The first-order valence-electron chi connectivity index (χ1n) is 10.2. The van der Waals surface area contributed by atoms with Crippen LogP contribution in [0.5, 0.6) is 5.75 Å². The molecule has 1 atom stereocenters. The zero-order chi connectivity index (χ0) is 19.7. The van der Waals surface area contributed by atoms with Gasteiger partial charge in [-0.25, -0.2) is 0 Å². The van der Waals surface area contributed by atoms with Crippen LogP contribution in [0.15, 0.2) is 42.5 Å². The van der Waals surface area contributed by atoms with Gasteiger partial charge in [-0.3, -0.25) is 9.59 Å². The summed E-state index contributed by atoms with van der Waals surface area (Å²) in [6.07, 6.45) is 5.64. The Morgan fingerprint density at radius 2 is 1.89 bits per heavy atom. The molecule has 4 heteroatoms. The molecular weight excluding hydrogens is 350 g/mol. The van der Waals surface area contributed by atoms with E-state index in [0.29, 0.717) is 17.4 Å². The molecule has 0 saturated heterocycles. The molecule has 0 spiro atoms. The number of nitrogens with zero attached hydrogens (tertiary/aromatic N) is 1. The van der Waals surface area contributed by atoms with E-state index in [1.807, 2.05) is 0 Å². The van der Waals surface area contributed by atoms with Crippen molar-refractivity contribution in [3.05, 3.63) is 64.7 Å². The molecular formula is C24H27NO3. The fourth-order valence-corrected chi connectivity index (χ4v) is 4.39. The highest BCUT2D eigenvalue weighted by molar-refractivity contribution is 5.94. The van der Waals surface area contributed by atoms with Crippen molar-refractivity contribution in [2.75, 3.05) is 7.11 Å². The summed E-state index contributed by atoms with van der Waals surface area (Å²) in [6, 6.07) is 14.4. The Hall–Kier alpha value is -2.62. The van der Waals surface area contributed by atoms with Crippen LogP contribution in [0, 0.1) is 0 Å². The summed E-state index contributed by atoms with van der Waals surface area (Å²) in [7, 11) is 1.60. The lowest BCUT2D eigenvalue weighted by atomic mass is 9.86. The van der Waals surface area contributed by atoms with E-state index in [9.17, 15) is 9.59 Å². The fourth-order valence-electron chi connectivity index (χ4n) is 4.39. The molecule has 0 bridgehead atoms. The average Bonchev–Trinajstić information content (AvgIpc) is 3.53. The third kappa shape index (κ3) is 3.68. The number of fused-ring (bicyclic) bond motifs is 1. The molecule has 2 aromatic rings. The molecule has 2 aromatic carbocycles. The van der Waals surface area contributed by atoms with Crippen LogP contribution in [-0.2, 0) is 17.6 Å². The van der Waals surface area contributed by atoms with E-state index in [1.54, 1.807) is 32.2 Å². The summed E-state index contributed by atoms with van der Waals surface area (Å²) < 4.78 is 5.46. The molecule has 1 saturated carbocycles. The minimum absolute atomic E-state index is 0.00314. The van der Waals surface area contributed by atoms with Crippen molar-refractivity contribution in [3.63, 3.8) is 0 Å². The van der Waals surface area contributed by atoms with Crippen molar-refractivity contribution in [1.29, 1.82) is 0 Å². The number of rotatable bonds is 6. The minimum atomic E-state index is -0.00314. The van der Waals surface area contributed by atoms with E-state index in [2.05, 4.69) is 29.2 Å². The predicted octanol–water partition coefficient (Wildman–Crippen LogP) is 4.51. The highest BCUT2D eigenvalue weighted by Gasteiger charge is 2.39. The van der Waals surface area contributed by atoms with Crippen molar-refractivity contribution in [1.82, 2.24) is 4.90 Å². The van der Waals surface area contributed by atoms with Crippen LogP contribution >= 0.6 is 0 Å². The highest BCUT2D eigenvalue weighted by Crippen LogP contribution is 2.41. The normalized spacial score (nSPS) is 18.3. The topological polar surface area (TPSA) is 46.6 Å². The minimum Gasteiger partial charge on any atom is -0.496 e. The smallest absolute Gasteiger partial charge is 0.227 e. The van der Waals surface area contributed by atoms with Crippen LogP contribution in [-0.4, -0.2) is 29.7 Å². The van der Waals surface area contributed by atoms with Crippen LogP contribution in [0.2, 0.25) is 0 Å². The maximum Gasteiger partial charge on any atom is 0.227 e. The standard InChI is InChI=1S/C24H27NO3/c1-16(26)18-10-13-23(28-2)19(14-18)15-24(27)25(20-11-12-20)22-9-5-7-17-6-3-4-8-21(17)22/h3-4,6,8,10,13-14,20,22H,5,7,9,11-12,15H2,1-2H3. The highest BCUT2D eigenvalue weighted by atomic mass is 16.5. The Labute approximate surface area is 166 Å². The summed E-state index contributed by atoms with van der Waals surface area (Å²) in [4.78, 5) is 27.3. The van der Waals surface area contributed by atoms with Gasteiger partial charge in [-0.2, -0.15) is 0 Å². The summed E-state index contributed by atoms with van der Waals surface area (Å²) in [5.41, 5.74) is 4.08. The monoisotopic (exact) mass is 377 g/mol. The predicted molar refractivity (Wildman–Crippen MR) is 109 cm³/mol. The second-order valence-corrected chi connectivity index (χ2v) is 7.90. The number of Topliss-reactive ketones (excluding diaryl/α,β-unsaturated/α-hetero) is 1. The number of methoxy groups -OCH3 is 1. The van der Waals surface area contributed by atoms with Crippen LogP contribution in [0.3, 0.4) is 0 Å². The third-order valence-corrected chi connectivity index (χ3v) is 5.93. The van der Waals surface area contributed by atoms with Crippen LogP contribution in [0.4, 0.5) is 0 Å². The van der Waals surface area contributed by atoms with E-state index < -0.39 is 0 Å². The van der Waals surface area contributed by atoms with Gasteiger partial charge in [0.25, 0.3) is 0 Å². The number of benzene rings is 2. The van der Waals surface area contributed by atoms with Crippen LogP contribution in [0.25, 0.3) is 0 Å². The van der Waals surface area contributed by atoms with Gasteiger partial charge in [0.1, 0.15) is 5.75 Å². The molecule has 146 valence electrons. The maximum atomic E-state index is 13.4.